The third-order valence-electron chi connectivity index (χ3n) is 4.85. The summed E-state index contributed by atoms with van der Waals surface area (Å²) in [5.74, 6) is -0.461. The van der Waals surface area contributed by atoms with E-state index >= 15 is 0 Å². The number of hydrogen-bond acceptors (Lipinski definition) is 3. The van der Waals surface area contributed by atoms with Crippen molar-refractivity contribution in [1.29, 1.82) is 0 Å². The number of pyridine rings is 1. The van der Waals surface area contributed by atoms with Crippen LogP contribution in [0.4, 0.5) is 0 Å². The summed E-state index contributed by atoms with van der Waals surface area (Å²) in [6.45, 7) is 0.928. The molecule has 0 saturated carbocycles. The van der Waals surface area contributed by atoms with E-state index in [9.17, 15) is 14.4 Å². The van der Waals surface area contributed by atoms with Crippen LogP contribution in [-0.4, -0.2) is 34.3 Å². The Morgan fingerprint density at radius 1 is 1.07 bits per heavy atom. The van der Waals surface area contributed by atoms with E-state index in [2.05, 4.69) is 10.3 Å². The number of nitrogens with one attached hydrogen (secondary N) is 2. The maximum atomic E-state index is 12.4. The highest BCUT2D eigenvalue weighted by molar-refractivity contribution is 5.94. The maximum absolute atomic E-state index is 12.4. The quantitative estimate of drug-likeness (QED) is 0.746. The van der Waals surface area contributed by atoms with Crippen LogP contribution in [0, 0.1) is 0 Å². The Morgan fingerprint density at radius 2 is 1.89 bits per heavy atom. The Labute approximate surface area is 155 Å². The van der Waals surface area contributed by atoms with Crippen molar-refractivity contribution < 1.29 is 9.59 Å². The largest absolute Gasteiger partial charge is 0.347 e. The summed E-state index contributed by atoms with van der Waals surface area (Å²) in [5, 5.41) is 5.05. The van der Waals surface area contributed by atoms with Crippen LogP contribution in [-0.2, 0) is 11.3 Å². The molecule has 4 rings (SSSR count). The van der Waals surface area contributed by atoms with Gasteiger partial charge in [0, 0.05) is 25.7 Å². The Bertz CT molecular complexity index is 1070. The Hall–Kier alpha value is -3.41. The summed E-state index contributed by atoms with van der Waals surface area (Å²) in [5.41, 5.74) is 0.692. The van der Waals surface area contributed by atoms with Crippen LogP contribution in [0.3, 0.4) is 0 Å². The highest BCUT2D eigenvalue weighted by atomic mass is 16.2. The lowest BCUT2D eigenvalue weighted by molar-refractivity contribution is -0.128. The standard InChI is InChI=1S/C21H19N3O3/c25-19-11-16(23-21(27)18-9-4-10-22-20(18)26)13-24(19)12-15-7-3-6-14-5-1-2-8-17(14)15/h1-10,16H,11-13H2,(H,22,26)(H,23,27)/t16-/m1/s1. The monoisotopic (exact) mass is 361 g/mol. The molecule has 1 saturated heterocycles. The topological polar surface area (TPSA) is 82.3 Å². The zero-order valence-electron chi connectivity index (χ0n) is 14.6. The van der Waals surface area contributed by atoms with Crippen molar-refractivity contribution in [2.24, 2.45) is 0 Å². The number of fused-ring (bicyclic) bond motifs is 1. The SMILES string of the molecule is O=C(N[C@@H]1CC(=O)N(Cc2cccc3ccccc23)C1)c1ccc[nH]c1=O. The number of likely N-dealkylation sites (tertiary alicyclic amines) is 1. The molecule has 27 heavy (non-hydrogen) atoms. The van der Waals surface area contributed by atoms with Crippen LogP contribution in [0.1, 0.15) is 22.3 Å². The van der Waals surface area contributed by atoms with Gasteiger partial charge in [0.2, 0.25) is 5.91 Å². The van der Waals surface area contributed by atoms with Gasteiger partial charge in [-0.1, -0.05) is 42.5 Å². The van der Waals surface area contributed by atoms with E-state index < -0.39 is 11.5 Å². The molecular weight excluding hydrogens is 342 g/mol. The number of hydrogen-bond donors (Lipinski definition) is 2. The zero-order chi connectivity index (χ0) is 18.8. The van der Waals surface area contributed by atoms with Crippen molar-refractivity contribution >= 4 is 22.6 Å². The molecule has 1 aliphatic heterocycles. The lowest BCUT2D eigenvalue weighted by Gasteiger charge is -2.18. The Kier molecular flexibility index (Phi) is 4.46. The van der Waals surface area contributed by atoms with Crippen LogP contribution in [0.15, 0.2) is 65.6 Å². The van der Waals surface area contributed by atoms with Crippen molar-refractivity contribution in [2.75, 3.05) is 6.54 Å². The molecule has 1 aliphatic rings. The third kappa shape index (κ3) is 3.46. The van der Waals surface area contributed by atoms with Crippen molar-refractivity contribution in [3.8, 4) is 0 Å². The van der Waals surface area contributed by atoms with Gasteiger partial charge >= 0.3 is 0 Å². The first-order valence-corrected chi connectivity index (χ1v) is 8.85. The molecule has 1 fully saturated rings. The summed E-state index contributed by atoms with van der Waals surface area (Å²) < 4.78 is 0. The third-order valence-corrected chi connectivity index (χ3v) is 4.85. The number of carbonyl (C=O) groups excluding carboxylic acids is 2. The lowest BCUT2D eigenvalue weighted by Crippen LogP contribution is -2.39. The maximum Gasteiger partial charge on any atom is 0.260 e. The molecule has 0 radical (unpaired) electrons. The minimum atomic E-state index is -0.457. The van der Waals surface area contributed by atoms with Gasteiger partial charge in [0.15, 0.2) is 0 Å². The Morgan fingerprint density at radius 3 is 2.74 bits per heavy atom. The van der Waals surface area contributed by atoms with Gasteiger partial charge in [-0.25, -0.2) is 0 Å². The van der Waals surface area contributed by atoms with E-state index in [4.69, 9.17) is 0 Å². The second-order valence-corrected chi connectivity index (χ2v) is 6.70. The van der Waals surface area contributed by atoms with Crippen LogP contribution in [0.25, 0.3) is 10.8 Å². The minimum Gasteiger partial charge on any atom is -0.347 e. The number of aromatic nitrogens is 1. The number of rotatable bonds is 4. The predicted octanol–water partition coefficient (Wildman–Crippen LogP) is 2.06. The van der Waals surface area contributed by atoms with Gasteiger partial charge in [0.1, 0.15) is 5.56 Å². The molecule has 2 aromatic carbocycles. The fraction of sp³-hybridized carbons (Fsp3) is 0.190. The molecule has 6 nitrogen and oxygen atoms in total. The molecule has 0 bridgehead atoms. The lowest BCUT2D eigenvalue weighted by atomic mass is 10.0. The number of H-pyrrole nitrogens is 1. The van der Waals surface area contributed by atoms with Gasteiger partial charge in [-0.15, -0.1) is 0 Å². The molecule has 0 spiro atoms. The van der Waals surface area contributed by atoms with E-state index in [1.54, 1.807) is 11.0 Å². The summed E-state index contributed by atoms with van der Waals surface area (Å²) in [6, 6.07) is 16.9. The zero-order valence-corrected chi connectivity index (χ0v) is 14.6. The van der Waals surface area contributed by atoms with Gasteiger partial charge in [-0.05, 0) is 28.5 Å². The van der Waals surface area contributed by atoms with Crippen molar-refractivity contribution in [3.63, 3.8) is 0 Å². The van der Waals surface area contributed by atoms with E-state index in [1.807, 2.05) is 42.5 Å². The van der Waals surface area contributed by atoms with Crippen LogP contribution in [0.2, 0.25) is 0 Å². The molecule has 1 aromatic heterocycles. The smallest absolute Gasteiger partial charge is 0.260 e. The fourth-order valence-electron chi connectivity index (χ4n) is 3.52. The minimum absolute atomic E-state index is 0.00444. The van der Waals surface area contributed by atoms with E-state index in [0.717, 1.165) is 16.3 Å². The van der Waals surface area contributed by atoms with Crippen molar-refractivity contribution in [1.82, 2.24) is 15.2 Å². The molecular formula is C21H19N3O3. The molecule has 2 amide bonds. The summed E-state index contributed by atoms with van der Waals surface area (Å²) in [6.07, 6.45) is 1.71. The number of nitrogens with zero attached hydrogens (tertiary/aromatic N) is 1. The summed E-state index contributed by atoms with van der Waals surface area (Å²) >= 11 is 0. The van der Waals surface area contributed by atoms with Gasteiger partial charge in [-0.2, -0.15) is 0 Å². The summed E-state index contributed by atoms with van der Waals surface area (Å²) in [4.78, 5) is 40.7. The van der Waals surface area contributed by atoms with E-state index in [1.165, 1.54) is 12.3 Å². The van der Waals surface area contributed by atoms with E-state index in [-0.39, 0.29) is 23.9 Å². The molecule has 6 heteroatoms. The molecule has 0 aliphatic carbocycles. The highest BCUT2D eigenvalue weighted by Crippen LogP contribution is 2.22. The number of carbonyl (C=O) groups is 2. The molecule has 1 atom stereocenters. The molecule has 0 unspecified atom stereocenters. The number of amides is 2. The van der Waals surface area contributed by atoms with Crippen molar-refractivity contribution in [2.45, 2.75) is 19.0 Å². The summed E-state index contributed by atoms with van der Waals surface area (Å²) in [7, 11) is 0. The number of aromatic amines is 1. The van der Waals surface area contributed by atoms with Crippen LogP contribution < -0.4 is 10.9 Å². The predicted molar refractivity (Wildman–Crippen MR) is 102 cm³/mol. The normalized spacial score (nSPS) is 16.7. The first-order chi connectivity index (χ1) is 13.1. The second kappa shape index (κ2) is 7.07. The molecule has 136 valence electrons. The number of benzene rings is 2. The second-order valence-electron chi connectivity index (χ2n) is 6.70. The molecule has 2 heterocycles. The Balaban J connectivity index is 1.47. The highest BCUT2D eigenvalue weighted by Gasteiger charge is 2.31. The van der Waals surface area contributed by atoms with Crippen LogP contribution >= 0.6 is 0 Å². The van der Waals surface area contributed by atoms with Gasteiger partial charge in [-0.3, -0.25) is 14.4 Å². The fourth-order valence-corrected chi connectivity index (χ4v) is 3.52. The first-order valence-electron chi connectivity index (χ1n) is 8.85. The van der Waals surface area contributed by atoms with Gasteiger partial charge in [0.25, 0.3) is 11.5 Å². The van der Waals surface area contributed by atoms with Gasteiger partial charge < -0.3 is 15.2 Å². The average molecular weight is 361 g/mol. The average Bonchev–Trinajstić information content (AvgIpc) is 3.01. The van der Waals surface area contributed by atoms with E-state index in [0.29, 0.717) is 13.1 Å². The first kappa shape index (κ1) is 17.0. The van der Waals surface area contributed by atoms with Gasteiger partial charge in [0.05, 0.1) is 6.04 Å². The van der Waals surface area contributed by atoms with Crippen LogP contribution in [0.5, 0.6) is 0 Å². The molecule has 2 N–H and O–H groups in total. The van der Waals surface area contributed by atoms with Crippen molar-refractivity contribution in [3.05, 3.63) is 82.3 Å². The molecule has 3 aromatic rings.